The number of ether oxygens (including phenoxy) is 2. The van der Waals surface area contributed by atoms with Crippen LogP contribution in [-0.4, -0.2) is 90.4 Å². The Morgan fingerprint density at radius 3 is 2.23 bits per heavy atom. The van der Waals surface area contributed by atoms with E-state index >= 15 is 0 Å². The lowest BCUT2D eigenvalue weighted by Gasteiger charge is -2.37. The summed E-state index contributed by atoms with van der Waals surface area (Å²) < 4.78 is 15.0. The van der Waals surface area contributed by atoms with Gasteiger partial charge in [0.15, 0.2) is 23.5 Å². The molecule has 1 aromatic heterocycles. The van der Waals surface area contributed by atoms with Crippen molar-refractivity contribution in [1.29, 1.82) is 0 Å². The number of hydrogen-bond acceptors (Lipinski definition) is 13. The molecule has 0 bridgehead atoms. The van der Waals surface area contributed by atoms with Crippen molar-refractivity contribution < 1.29 is 59.8 Å². The molecule has 4 rings (SSSR count). The molecule has 5 atom stereocenters. The minimum absolute atomic E-state index is 0.0904. The topological polar surface area (TPSA) is 231 Å². The first-order valence-electron chi connectivity index (χ1n) is 10.1. The van der Waals surface area contributed by atoms with Crippen molar-refractivity contribution >= 4 is 11.0 Å². The number of fused-ring (bicyclic) bond motifs is 1. The molecule has 0 aliphatic carbocycles. The van der Waals surface area contributed by atoms with Gasteiger partial charge in [-0.2, -0.15) is 0 Å². The molecule has 13 nitrogen and oxygen atoms in total. The van der Waals surface area contributed by atoms with Gasteiger partial charge in [0.05, 0.1) is 13.7 Å². The third-order valence-corrected chi connectivity index (χ3v) is 5.24. The van der Waals surface area contributed by atoms with Gasteiger partial charge in [-0.25, -0.2) is 0 Å². The summed E-state index contributed by atoms with van der Waals surface area (Å²) in [4.78, 5) is 12.2. The fourth-order valence-electron chi connectivity index (χ4n) is 3.37. The van der Waals surface area contributed by atoms with Crippen LogP contribution in [0.1, 0.15) is 0 Å². The Morgan fingerprint density at radius 2 is 1.60 bits per heavy atom. The SMILES string of the molecule is COc1cc(-c2oc3cc(O)cc(O)c3c(=O)c2O)ccc1O.OC[C@H]1O[C@@H](O)[C@H](O)[C@@H](O)[C@@H]1O. The highest BCUT2D eigenvalue weighted by Gasteiger charge is 2.42. The van der Waals surface area contributed by atoms with Crippen LogP contribution in [0.15, 0.2) is 39.5 Å². The molecule has 2 heterocycles. The number of aliphatic hydroxyl groups is 5. The summed E-state index contributed by atoms with van der Waals surface area (Å²) in [6, 6.07) is 6.24. The first-order valence-corrected chi connectivity index (χ1v) is 10.1. The summed E-state index contributed by atoms with van der Waals surface area (Å²) in [5.74, 6) is -1.66. The lowest BCUT2D eigenvalue weighted by molar-refractivity contribution is -0.286. The zero-order valence-corrected chi connectivity index (χ0v) is 18.1. The van der Waals surface area contributed by atoms with Gasteiger partial charge in [-0.1, -0.05) is 0 Å². The van der Waals surface area contributed by atoms with Gasteiger partial charge in [-0.05, 0) is 18.2 Å². The van der Waals surface area contributed by atoms with E-state index < -0.39 is 54.2 Å². The van der Waals surface area contributed by atoms with Crippen LogP contribution in [0.4, 0.5) is 0 Å². The molecule has 0 unspecified atom stereocenters. The molecule has 13 heteroatoms. The van der Waals surface area contributed by atoms with Gasteiger partial charge >= 0.3 is 0 Å². The van der Waals surface area contributed by atoms with Crippen molar-refractivity contribution in [1.82, 2.24) is 0 Å². The zero-order chi connectivity index (χ0) is 26.0. The number of aliphatic hydroxyl groups excluding tert-OH is 5. The molecular weight excluding hydrogens is 472 g/mol. The van der Waals surface area contributed by atoms with Crippen LogP contribution in [0.2, 0.25) is 0 Å². The fraction of sp³-hybridized carbons (Fsp3) is 0.318. The predicted molar refractivity (Wildman–Crippen MR) is 117 cm³/mol. The van der Waals surface area contributed by atoms with Gasteiger partial charge in [0.1, 0.15) is 46.9 Å². The van der Waals surface area contributed by atoms with Crippen LogP contribution in [0.3, 0.4) is 0 Å². The van der Waals surface area contributed by atoms with Crippen LogP contribution in [-0.2, 0) is 4.74 Å². The number of rotatable bonds is 3. The van der Waals surface area contributed by atoms with Crippen molar-refractivity contribution in [2.45, 2.75) is 30.7 Å². The lowest BCUT2D eigenvalue weighted by Crippen LogP contribution is -2.58. The molecule has 0 spiro atoms. The van der Waals surface area contributed by atoms with Crippen LogP contribution in [0.25, 0.3) is 22.3 Å². The smallest absolute Gasteiger partial charge is 0.238 e. The zero-order valence-electron chi connectivity index (χ0n) is 18.1. The van der Waals surface area contributed by atoms with Crippen molar-refractivity contribution in [3.63, 3.8) is 0 Å². The van der Waals surface area contributed by atoms with E-state index in [2.05, 4.69) is 4.74 Å². The Hall–Kier alpha value is -3.59. The maximum atomic E-state index is 12.2. The lowest BCUT2D eigenvalue weighted by atomic mass is 10.00. The van der Waals surface area contributed by atoms with Crippen LogP contribution in [0, 0.1) is 0 Å². The third kappa shape index (κ3) is 5.09. The predicted octanol–water partition coefficient (Wildman–Crippen LogP) is -0.930. The minimum atomic E-state index is -1.57. The van der Waals surface area contributed by atoms with E-state index in [9.17, 15) is 25.2 Å². The number of hydrogen-bond donors (Lipinski definition) is 9. The monoisotopic (exact) mass is 496 g/mol. The Morgan fingerprint density at radius 1 is 0.914 bits per heavy atom. The number of phenolic OH excluding ortho intramolecular Hbond substituents is 3. The van der Waals surface area contributed by atoms with Gasteiger partial charge < -0.3 is 59.8 Å². The molecule has 0 radical (unpaired) electrons. The van der Waals surface area contributed by atoms with Gasteiger partial charge in [0.2, 0.25) is 11.2 Å². The van der Waals surface area contributed by atoms with Crippen LogP contribution < -0.4 is 10.2 Å². The van der Waals surface area contributed by atoms with Crippen molar-refractivity contribution in [2.75, 3.05) is 13.7 Å². The van der Waals surface area contributed by atoms with Crippen LogP contribution >= 0.6 is 0 Å². The molecule has 0 saturated carbocycles. The van der Waals surface area contributed by atoms with E-state index in [-0.39, 0.29) is 39.5 Å². The van der Waals surface area contributed by atoms with Crippen molar-refractivity contribution in [3.05, 3.63) is 40.6 Å². The van der Waals surface area contributed by atoms with Crippen molar-refractivity contribution in [2.24, 2.45) is 0 Å². The average molecular weight is 496 g/mol. The average Bonchev–Trinajstić information content (AvgIpc) is 2.82. The quantitative estimate of drug-likeness (QED) is 0.214. The molecule has 2 aromatic carbocycles. The largest absolute Gasteiger partial charge is 0.508 e. The molecule has 190 valence electrons. The first-order chi connectivity index (χ1) is 16.5. The fourth-order valence-corrected chi connectivity index (χ4v) is 3.37. The molecular formula is C22H24O13. The standard InChI is InChI=1S/C16H12O7.C6H12O6/c1-22-11-4-7(2-3-9(11)18)16-15(21)14(20)13-10(19)5-8(17)6-12(13)23-16;7-1-2-3(8)4(9)5(10)6(11)12-2/h2-6,17-19,21H,1H3;2-11H,1H2/t;2-,3-,4+,5-,6-/m.1/s1. The molecule has 35 heavy (non-hydrogen) atoms. The normalized spacial score (nSPS) is 24.0. The number of methoxy groups -OCH3 is 1. The highest BCUT2D eigenvalue weighted by molar-refractivity contribution is 5.88. The van der Waals surface area contributed by atoms with E-state index in [1.807, 2.05) is 0 Å². The number of benzene rings is 2. The van der Waals surface area contributed by atoms with E-state index in [1.54, 1.807) is 0 Å². The second kappa shape index (κ2) is 10.4. The number of aromatic hydroxyl groups is 4. The van der Waals surface area contributed by atoms with Gasteiger partial charge in [-0.3, -0.25) is 4.79 Å². The highest BCUT2D eigenvalue weighted by Crippen LogP contribution is 2.37. The summed E-state index contributed by atoms with van der Waals surface area (Å²) in [5.41, 5.74) is -0.655. The third-order valence-electron chi connectivity index (χ3n) is 5.24. The first kappa shape index (κ1) is 26.0. The molecule has 1 fully saturated rings. The molecule has 3 aromatic rings. The number of phenols is 3. The molecule has 0 amide bonds. The Balaban J connectivity index is 0.000000241. The van der Waals surface area contributed by atoms with Gasteiger partial charge in [0, 0.05) is 17.7 Å². The summed E-state index contributed by atoms with van der Waals surface area (Å²) in [6.45, 7) is -0.526. The van der Waals surface area contributed by atoms with Gasteiger partial charge in [-0.15, -0.1) is 0 Å². The Bertz CT molecular complexity index is 1250. The van der Waals surface area contributed by atoms with Crippen molar-refractivity contribution in [3.8, 4) is 40.1 Å². The van der Waals surface area contributed by atoms with Crippen LogP contribution in [0.5, 0.6) is 28.7 Å². The Kier molecular flexibility index (Phi) is 7.70. The van der Waals surface area contributed by atoms with E-state index in [0.29, 0.717) is 0 Å². The molecule has 1 aliphatic heterocycles. The summed E-state index contributed by atoms with van der Waals surface area (Å²) in [5, 5.41) is 83.4. The minimum Gasteiger partial charge on any atom is -0.508 e. The second-order valence-corrected chi connectivity index (χ2v) is 7.55. The van der Waals surface area contributed by atoms with Gasteiger partial charge in [0.25, 0.3) is 0 Å². The molecule has 1 aliphatic rings. The second-order valence-electron chi connectivity index (χ2n) is 7.55. The molecule has 1 saturated heterocycles. The summed E-state index contributed by atoms with van der Waals surface area (Å²) in [7, 11) is 1.35. The maximum Gasteiger partial charge on any atom is 0.238 e. The Labute approximate surface area is 196 Å². The van der Waals surface area contributed by atoms with E-state index in [4.69, 9.17) is 34.7 Å². The molecule has 9 N–H and O–H groups in total. The summed E-state index contributed by atoms with van der Waals surface area (Å²) >= 11 is 0. The highest BCUT2D eigenvalue weighted by atomic mass is 16.6. The van der Waals surface area contributed by atoms with E-state index in [1.165, 1.54) is 25.3 Å². The van der Waals surface area contributed by atoms with E-state index in [0.717, 1.165) is 12.1 Å². The maximum absolute atomic E-state index is 12.2. The summed E-state index contributed by atoms with van der Waals surface area (Å²) in [6.07, 6.45) is -7.04.